The molecule has 1 rings (SSSR count). The van der Waals surface area contributed by atoms with Crippen LogP contribution < -0.4 is 9.47 Å². The summed E-state index contributed by atoms with van der Waals surface area (Å²) in [5, 5.41) is 0. The highest BCUT2D eigenvalue weighted by Gasteiger charge is 2.33. The Kier molecular flexibility index (Phi) is 4.84. The van der Waals surface area contributed by atoms with Gasteiger partial charge in [0.2, 0.25) is 6.17 Å². The number of hydrogen-bond donors (Lipinski definition) is 0. The summed E-state index contributed by atoms with van der Waals surface area (Å²) in [6.07, 6.45) is -6.45. The van der Waals surface area contributed by atoms with Crippen molar-refractivity contribution in [1.29, 1.82) is 0 Å². The van der Waals surface area contributed by atoms with Gasteiger partial charge in [-0.15, -0.1) is 13.2 Å². The van der Waals surface area contributed by atoms with Crippen molar-refractivity contribution in [3.63, 3.8) is 0 Å². The minimum atomic E-state index is -4.99. The quantitative estimate of drug-likeness (QED) is 0.776. The van der Waals surface area contributed by atoms with Gasteiger partial charge in [0.05, 0.1) is 0 Å². The molecule has 0 saturated heterocycles. The highest BCUT2D eigenvalue weighted by atomic mass is 19.4. The van der Waals surface area contributed by atoms with Crippen LogP contribution in [0.15, 0.2) is 18.3 Å². The van der Waals surface area contributed by atoms with E-state index in [0.29, 0.717) is 0 Å². The lowest BCUT2D eigenvalue weighted by molar-refractivity contribution is -0.275. The second-order valence-electron chi connectivity index (χ2n) is 3.03. The third-order valence-corrected chi connectivity index (χ3v) is 1.66. The summed E-state index contributed by atoms with van der Waals surface area (Å²) in [6, 6.07) is 1.99. The fourth-order valence-electron chi connectivity index (χ4n) is 0.955. The van der Waals surface area contributed by atoms with Gasteiger partial charge in [-0.3, -0.25) is 4.94 Å². The van der Waals surface area contributed by atoms with Crippen molar-refractivity contribution >= 4 is 5.97 Å². The molecular formula is C9H6F5NO4. The third-order valence-electron chi connectivity index (χ3n) is 1.66. The predicted molar refractivity (Wildman–Crippen MR) is 48.5 cm³/mol. The van der Waals surface area contributed by atoms with E-state index in [0.717, 1.165) is 18.3 Å². The number of rotatable bonds is 5. The zero-order valence-electron chi connectivity index (χ0n) is 8.99. The Labute approximate surface area is 102 Å². The SMILES string of the molecule is O=C(OF)C(F)COc1ncccc1OC(F)(F)F. The molecule has 1 unspecified atom stereocenters. The van der Waals surface area contributed by atoms with Gasteiger partial charge in [-0.25, -0.2) is 14.2 Å². The number of hydrogen-bond acceptors (Lipinski definition) is 5. The molecule has 0 aromatic carbocycles. The van der Waals surface area contributed by atoms with Gasteiger partial charge in [0.1, 0.15) is 6.61 Å². The molecule has 0 bridgehead atoms. The standard InChI is InChI=1S/C9H6F5NO4/c10-5(8(16)19-14)4-17-7-6(2-1-3-15-7)18-9(11,12)13/h1-3,5H,4H2. The summed E-state index contributed by atoms with van der Waals surface area (Å²) in [4.78, 5) is 16.3. The minimum Gasteiger partial charge on any atom is -0.471 e. The van der Waals surface area contributed by atoms with Crippen LogP contribution in [0, 0.1) is 0 Å². The first kappa shape index (κ1) is 14.9. The normalized spacial score (nSPS) is 12.7. The average molecular weight is 287 g/mol. The molecule has 1 heterocycles. The van der Waals surface area contributed by atoms with Crippen LogP contribution in [0.5, 0.6) is 11.6 Å². The van der Waals surface area contributed by atoms with E-state index in [4.69, 9.17) is 0 Å². The van der Waals surface area contributed by atoms with E-state index in [1.165, 1.54) is 0 Å². The van der Waals surface area contributed by atoms with Crippen molar-refractivity contribution in [2.75, 3.05) is 6.61 Å². The maximum absolute atomic E-state index is 12.8. The molecule has 0 fully saturated rings. The van der Waals surface area contributed by atoms with Gasteiger partial charge in [-0.2, -0.15) is 0 Å². The predicted octanol–water partition coefficient (Wildman–Crippen LogP) is 2.12. The van der Waals surface area contributed by atoms with Gasteiger partial charge in [0.25, 0.3) is 5.88 Å². The molecule has 0 spiro atoms. The van der Waals surface area contributed by atoms with Gasteiger partial charge < -0.3 is 9.47 Å². The Morgan fingerprint density at radius 3 is 2.68 bits per heavy atom. The van der Waals surface area contributed by atoms with Crippen LogP contribution in [-0.2, 0) is 9.74 Å². The fourth-order valence-corrected chi connectivity index (χ4v) is 0.955. The number of halogens is 5. The Balaban J connectivity index is 2.70. The molecule has 0 amide bonds. The number of carbonyl (C=O) groups is 1. The summed E-state index contributed by atoms with van der Waals surface area (Å²) in [6.45, 7) is -1.08. The Morgan fingerprint density at radius 2 is 2.11 bits per heavy atom. The molecule has 0 N–H and O–H groups in total. The second-order valence-corrected chi connectivity index (χ2v) is 3.03. The van der Waals surface area contributed by atoms with E-state index < -0.39 is 36.7 Å². The number of nitrogens with zero attached hydrogens (tertiary/aromatic N) is 1. The number of ether oxygens (including phenoxy) is 2. The largest absolute Gasteiger partial charge is 0.573 e. The lowest BCUT2D eigenvalue weighted by Gasteiger charge is -2.13. The van der Waals surface area contributed by atoms with Gasteiger partial charge in [-0.05, 0) is 12.1 Å². The van der Waals surface area contributed by atoms with Crippen molar-refractivity contribution in [1.82, 2.24) is 4.98 Å². The molecule has 1 aromatic rings. The molecule has 0 aliphatic carbocycles. The lowest BCUT2D eigenvalue weighted by Crippen LogP contribution is -2.24. The first-order valence-electron chi connectivity index (χ1n) is 4.63. The highest BCUT2D eigenvalue weighted by molar-refractivity contribution is 5.73. The number of carbonyl (C=O) groups excluding carboxylic acids is 1. The average Bonchev–Trinajstić information content (AvgIpc) is 2.34. The molecule has 19 heavy (non-hydrogen) atoms. The first-order valence-corrected chi connectivity index (χ1v) is 4.63. The summed E-state index contributed by atoms with van der Waals surface area (Å²) in [5.74, 6) is -3.39. The van der Waals surface area contributed by atoms with E-state index >= 15 is 0 Å². The minimum absolute atomic E-state index is 0.700. The Hall–Kier alpha value is -2.13. The summed E-state index contributed by atoms with van der Waals surface area (Å²) in [5.41, 5.74) is 0. The van der Waals surface area contributed by atoms with Crippen molar-refractivity contribution in [3.05, 3.63) is 18.3 Å². The fraction of sp³-hybridized carbons (Fsp3) is 0.333. The molecule has 0 saturated carbocycles. The number of alkyl halides is 4. The molecule has 5 nitrogen and oxygen atoms in total. The van der Waals surface area contributed by atoms with Crippen molar-refractivity contribution in [2.45, 2.75) is 12.5 Å². The Bertz CT molecular complexity index is 439. The molecular weight excluding hydrogens is 281 g/mol. The number of pyridine rings is 1. The monoisotopic (exact) mass is 287 g/mol. The summed E-state index contributed by atoms with van der Waals surface area (Å²) >= 11 is 0. The van der Waals surface area contributed by atoms with E-state index in [2.05, 4.69) is 19.4 Å². The van der Waals surface area contributed by atoms with Crippen LogP contribution in [-0.4, -0.2) is 30.1 Å². The third kappa shape index (κ3) is 4.94. The van der Waals surface area contributed by atoms with Crippen molar-refractivity contribution in [2.24, 2.45) is 0 Å². The molecule has 1 aromatic heterocycles. The number of aromatic nitrogens is 1. The van der Waals surface area contributed by atoms with Crippen LogP contribution in [0.3, 0.4) is 0 Å². The molecule has 106 valence electrons. The van der Waals surface area contributed by atoms with E-state index in [9.17, 15) is 26.9 Å². The Morgan fingerprint density at radius 1 is 1.42 bits per heavy atom. The topological polar surface area (TPSA) is 57.7 Å². The van der Waals surface area contributed by atoms with Crippen molar-refractivity contribution < 1.29 is 41.3 Å². The molecule has 1 atom stereocenters. The zero-order valence-corrected chi connectivity index (χ0v) is 8.99. The van der Waals surface area contributed by atoms with Gasteiger partial charge >= 0.3 is 12.3 Å². The molecule has 10 heteroatoms. The summed E-state index contributed by atoms with van der Waals surface area (Å²) in [7, 11) is 0. The van der Waals surface area contributed by atoms with Gasteiger partial charge in [0, 0.05) is 10.7 Å². The maximum Gasteiger partial charge on any atom is 0.573 e. The highest BCUT2D eigenvalue weighted by Crippen LogP contribution is 2.29. The van der Waals surface area contributed by atoms with Crippen molar-refractivity contribution in [3.8, 4) is 11.6 Å². The van der Waals surface area contributed by atoms with Crippen LogP contribution in [0.2, 0.25) is 0 Å². The molecule has 0 aliphatic heterocycles. The van der Waals surface area contributed by atoms with Gasteiger partial charge in [0.15, 0.2) is 5.75 Å². The summed E-state index contributed by atoms with van der Waals surface area (Å²) < 4.78 is 68.2. The van der Waals surface area contributed by atoms with Gasteiger partial charge in [-0.1, -0.05) is 0 Å². The zero-order chi connectivity index (χ0) is 14.5. The van der Waals surface area contributed by atoms with Crippen LogP contribution in [0.4, 0.5) is 22.1 Å². The first-order chi connectivity index (χ1) is 8.83. The van der Waals surface area contributed by atoms with Crippen LogP contribution in [0.25, 0.3) is 0 Å². The van der Waals surface area contributed by atoms with E-state index in [1.54, 1.807) is 0 Å². The lowest BCUT2D eigenvalue weighted by atomic mass is 10.4. The van der Waals surface area contributed by atoms with Crippen LogP contribution in [0.1, 0.15) is 0 Å². The van der Waals surface area contributed by atoms with E-state index in [-0.39, 0.29) is 0 Å². The molecule has 0 radical (unpaired) electrons. The maximum atomic E-state index is 12.8. The van der Waals surface area contributed by atoms with E-state index in [1.807, 2.05) is 0 Å². The molecule has 0 aliphatic rings. The second kappa shape index (κ2) is 6.16. The smallest absolute Gasteiger partial charge is 0.471 e. The van der Waals surface area contributed by atoms with Crippen LogP contribution >= 0.6 is 0 Å².